The van der Waals surface area contributed by atoms with E-state index in [-0.39, 0.29) is 17.6 Å². The average Bonchev–Trinajstić information content (AvgIpc) is 3.37. The summed E-state index contributed by atoms with van der Waals surface area (Å²) >= 11 is 1.31. The zero-order chi connectivity index (χ0) is 19.1. The number of methoxy groups -OCH3 is 1. The Morgan fingerprint density at radius 2 is 2.15 bits per heavy atom. The van der Waals surface area contributed by atoms with Crippen molar-refractivity contribution in [2.45, 2.75) is 19.4 Å². The predicted octanol–water partition coefficient (Wildman–Crippen LogP) is 3.25. The number of carbonyl (C=O) groups is 2. The molecule has 1 aromatic carbocycles. The average molecular weight is 385 g/mol. The molecule has 0 unspecified atom stereocenters. The van der Waals surface area contributed by atoms with Crippen LogP contribution in [0.4, 0.5) is 5.13 Å². The highest BCUT2D eigenvalue weighted by Crippen LogP contribution is 2.18. The molecule has 0 atom stereocenters. The van der Waals surface area contributed by atoms with Crippen LogP contribution in [0.15, 0.2) is 52.5 Å². The fourth-order valence-electron chi connectivity index (χ4n) is 2.36. The first-order chi connectivity index (χ1) is 13.1. The number of anilines is 1. The van der Waals surface area contributed by atoms with Crippen molar-refractivity contribution in [1.29, 1.82) is 0 Å². The van der Waals surface area contributed by atoms with Crippen LogP contribution in [-0.4, -0.2) is 23.9 Å². The van der Waals surface area contributed by atoms with Gasteiger partial charge in [-0.3, -0.25) is 14.9 Å². The van der Waals surface area contributed by atoms with Crippen LogP contribution >= 0.6 is 11.3 Å². The molecule has 8 heteroatoms. The van der Waals surface area contributed by atoms with Gasteiger partial charge in [-0.15, -0.1) is 11.3 Å². The molecule has 0 spiro atoms. The molecule has 0 bridgehead atoms. The molecule has 0 fully saturated rings. The summed E-state index contributed by atoms with van der Waals surface area (Å²) < 4.78 is 10.2. The topological polar surface area (TPSA) is 93.5 Å². The van der Waals surface area contributed by atoms with Gasteiger partial charge in [-0.05, 0) is 36.2 Å². The van der Waals surface area contributed by atoms with Crippen LogP contribution in [0.25, 0.3) is 0 Å². The number of nitrogens with zero attached hydrogens (tertiary/aromatic N) is 1. The number of furan rings is 1. The van der Waals surface area contributed by atoms with Crippen molar-refractivity contribution in [3.8, 4) is 5.75 Å². The third kappa shape index (κ3) is 5.42. The zero-order valence-corrected chi connectivity index (χ0v) is 15.5. The molecule has 2 aromatic heterocycles. The maximum atomic E-state index is 12.0. The van der Waals surface area contributed by atoms with Gasteiger partial charge in [0.05, 0.1) is 19.1 Å². The molecule has 27 heavy (non-hydrogen) atoms. The Morgan fingerprint density at radius 1 is 1.26 bits per heavy atom. The van der Waals surface area contributed by atoms with Gasteiger partial charge in [-0.1, -0.05) is 12.1 Å². The summed E-state index contributed by atoms with van der Waals surface area (Å²) in [6, 6.07) is 10.8. The summed E-state index contributed by atoms with van der Waals surface area (Å²) in [5.41, 5.74) is 1.73. The minimum Gasteiger partial charge on any atom is -0.497 e. The van der Waals surface area contributed by atoms with Gasteiger partial charge in [0, 0.05) is 18.3 Å². The van der Waals surface area contributed by atoms with Crippen molar-refractivity contribution in [3.05, 3.63) is 65.1 Å². The first kappa shape index (κ1) is 18.7. The summed E-state index contributed by atoms with van der Waals surface area (Å²) in [6.45, 7) is 0.442. The Morgan fingerprint density at radius 3 is 2.93 bits per heavy atom. The number of hydrogen-bond donors (Lipinski definition) is 2. The van der Waals surface area contributed by atoms with Crippen molar-refractivity contribution in [1.82, 2.24) is 10.3 Å². The third-order valence-corrected chi connectivity index (χ3v) is 4.56. The van der Waals surface area contributed by atoms with E-state index in [1.807, 2.05) is 29.6 Å². The Hall–Kier alpha value is -3.13. The quantitative estimate of drug-likeness (QED) is 0.621. The van der Waals surface area contributed by atoms with Crippen molar-refractivity contribution in [3.63, 3.8) is 0 Å². The van der Waals surface area contributed by atoms with Gasteiger partial charge in [0.25, 0.3) is 5.91 Å². The van der Waals surface area contributed by atoms with Crippen molar-refractivity contribution in [2.24, 2.45) is 0 Å². The van der Waals surface area contributed by atoms with Gasteiger partial charge in [0.2, 0.25) is 5.91 Å². The molecule has 2 amide bonds. The van der Waals surface area contributed by atoms with Crippen LogP contribution in [0.2, 0.25) is 0 Å². The highest BCUT2D eigenvalue weighted by Gasteiger charge is 2.12. The van der Waals surface area contributed by atoms with Crippen LogP contribution in [0.5, 0.6) is 5.75 Å². The highest BCUT2D eigenvalue weighted by atomic mass is 32.1. The van der Waals surface area contributed by atoms with Crippen LogP contribution < -0.4 is 15.4 Å². The number of thiazole rings is 1. The normalized spacial score (nSPS) is 10.4. The maximum Gasteiger partial charge on any atom is 0.293 e. The standard InChI is InChI=1S/C19H19N3O4S/c1-25-15-5-2-4-13(10-15)11-20-17(23)8-7-14-12-27-19(21-14)22-18(24)16-6-3-9-26-16/h2-6,9-10,12H,7-8,11H2,1H3,(H,20,23)(H,21,22,24). The summed E-state index contributed by atoms with van der Waals surface area (Å²) in [7, 11) is 1.61. The van der Waals surface area contributed by atoms with E-state index in [4.69, 9.17) is 9.15 Å². The van der Waals surface area contributed by atoms with E-state index in [1.54, 1.807) is 19.2 Å². The van der Waals surface area contributed by atoms with Crippen LogP contribution in [-0.2, 0) is 17.8 Å². The summed E-state index contributed by atoms with van der Waals surface area (Å²) in [4.78, 5) is 28.3. The van der Waals surface area contributed by atoms with Gasteiger partial charge >= 0.3 is 0 Å². The molecular weight excluding hydrogens is 366 g/mol. The lowest BCUT2D eigenvalue weighted by molar-refractivity contribution is -0.121. The monoisotopic (exact) mass is 385 g/mol. The Labute approximate surface area is 160 Å². The van der Waals surface area contributed by atoms with E-state index in [2.05, 4.69) is 15.6 Å². The Bertz CT molecular complexity index is 905. The van der Waals surface area contributed by atoms with Crippen LogP contribution in [0.3, 0.4) is 0 Å². The molecule has 140 valence electrons. The van der Waals surface area contributed by atoms with E-state index in [9.17, 15) is 9.59 Å². The molecule has 0 aliphatic carbocycles. The number of rotatable bonds is 8. The van der Waals surface area contributed by atoms with Gasteiger partial charge in [0.15, 0.2) is 10.9 Å². The second-order valence-corrected chi connectivity index (χ2v) is 6.56. The van der Waals surface area contributed by atoms with E-state index < -0.39 is 0 Å². The number of hydrogen-bond acceptors (Lipinski definition) is 6. The van der Waals surface area contributed by atoms with Gasteiger partial charge in [0.1, 0.15) is 5.75 Å². The van der Waals surface area contributed by atoms with Gasteiger partial charge in [-0.2, -0.15) is 0 Å². The second kappa shape index (κ2) is 9.00. The second-order valence-electron chi connectivity index (χ2n) is 5.70. The summed E-state index contributed by atoms with van der Waals surface area (Å²) in [5.74, 6) is 0.570. The maximum absolute atomic E-state index is 12.0. The smallest absolute Gasteiger partial charge is 0.293 e. The number of aryl methyl sites for hydroxylation is 1. The van der Waals surface area contributed by atoms with Gasteiger partial charge in [-0.25, -0.2) is 4.98 Å². The van der Waals surface area contributed by atoms with E-state index in [1.165, 1.54) is 17.6 Å². The van der Waals surface area contributed by atoms with Crippen LogP contribution in [0.1, 0.15) is 28.2 Å². The SMILES string of the molecule is COc1cccc(CNC(=O)CCc2csc(NC(=O)c3ccco3)n2)c1. The number of benzene rings is 1. The number of nitrogens with one attached hydrogen (secondary N) is 2. The third-order valence-electron chi connectivity index (χ3n) is 3.75. The van der Waals surface area contributed by atoms with E-state index in [0.29, 0.717) is 24.5 Å². The minimum absolute atomic E-state index is 0.0630. The lowest BCUT2D eigenvalue weighted by atomic mass is 10.2. The lowest BCUT2D eigenvalue weighted by Crippen LogP contribution is -2.23. The van der Waals surface area contributed by atoms with Crippen molar-refractivity contribution < 1.29 is 18.7 Å². The fraction of sp³-hybridized carbons (Fsp3) is 0.211. The number of aromatic nitrogens is 1. The number of amides is 2. The Kier molecular flexibility index (Phi) is 6.22. The molecule has 0 aliphatic rings. The fourth-order valence-corrected chi connectivity index (χ4v) is 3.10. The molecule has 2 N–H and O–H groups in total. The zero-order valence-electron chi connectivity index (χ0n) is 14.7. The largest absolute Gasteiger partial charge is 0.497 e. The van der Waals surface area contributed by atoms with E-state index in [0.717, 1.165) is 17.0 Å². The summed E-state index contributed by atoms with van der Waals surface area (Å²) in [6.07, 6.45) is 2.25. The first-order valence-corrected chi connectivity index (χ1v) is 9.21. The highest BCUT2D eigenvalue weighted by molar-refractivity contribution is 7.13. The molecular formula is C19H19N3O4S. The van der Waals surface area contributed by atoms with E-state index >= 15 is 0 Å². The van der Waals surface area contributed by atoms with Gasteiger partial charge < -0.3 is 14.5 Å². The first-order valence-electron chi connectivity index (χ1n) is 8.33. The number of carbonyl (C=O) groups excluding carboxylic acids is 2. The van der Waals surface area contributed by atoms with Crippen LogP contribution in [0, 0.1) is 0 Å². The van der Waals surface area contributed by atoms with Crippen molar-refractivity contribution >= 4 is 28.3 Å². The van der Waals surface area contributed by atoms with Crippen molar-refractivity contribution in [2.75, 3.05) is 12.4 Å². The molecule has 3 aromatic rings. The lowest BCUT2D eigenvalue weighted by Gasteiger charge is -2.06. The Balaban J connectivity index is 1.43. The molecule has 0 aliphatic heterocycles. The molecule has 0 saturated heterocycles. The minimum atomic E-state index is -0.350. The molecule has 0 saturated carbocycles. The predicted molar refractivity (Wildman–Crippen MR) is 102 cm³/mol. The molecule has 0 radical (unpaired) electrons. The number of ether oxygens (including phenoxy) is 1. The molecule has 7 nitrogen and oxygen atoms in total. The molecule has 2 heterocycles. The summed E-state index contributed by atoms with van der Waals surface area (Å²) in [5, 5.41) is 7.85. The molecule has 3 rings (SSSR count).